The van der Waals surface area contributed by atoms with Crippen LogP contribution in [0.4, 0.5) is 4.79 Å². The molecule has 5 aliphatic heterocycles. The molecule has 2 N–H and O–H groups in total. The molecule has 8 rings (SSSR count). The van der Waals surface area contributed by atoms with Gasteiger partial charge >= 0.3 is 6.03 Å². The highest BCUT2D eigenvalue weighted by Crippen LogP contribution is 2.40. The van der Waals surface area contributed by atoms with Crippen molar-refractivity contribution >= 4 is 35.6 Å². The van der Waals surface area contributed by atoms with Crippen molar-refractivity contribution in [1.29, 1.82) is 0 Å². The van der Waals surface area contributed by atoms with Crippen molar-refractivity contribution in [3.05, 3.63) is 74.7 Å². The van der Waals surface area contributed by atoms with E-state index in [0.29, 0.717) is 75.5 Å². The van der Waals surface area contributed by atoms with Gasteiger partial charge in [-0.1, -0.05) is 6.07 Å². The lowest BCUT2D eigenvalue weighted by atomic mass is 9.88. The first kappa shape index (κ1) is 44.3. The minimum Gasteiger partial charge on any atom is -0.496 e. The number of fused-ring (bicyclic) bond motifs is 2. The number of nitrogens with zero attached hydrogens (tertiary/aromatic N) is 5. The zero-order valence-electron chi connectivity index (χ0n) is 36.8. The van der Waals surface area contributed by atoms with Crippen LogP contribution >= 0.6 is 0 Å². The molecule has 1 aromatic heterocycles. The summed E-state index contributed by atoms with van der Waals surface area (Å²) in [6.07, 6.45) is 5.40. The number of pyridine rings is 1. The maximum atomic E-state index is 13.5. The zero-order valence-corrected chi connectivity index (χ0v) is 36.8. The highest BCUT2D eigenvalue weighted by Gasteiger charge is 2.46. The van der Waals surface area contributed by atoms with E-state index in [0.717, 1.165) is 53.1 Å². The van der Waals surface area contributed by atoms with Gasteiger partial charge in [-0.15, -0.1) is 0 Å². The Morgan fingerprint density at radius 2 is 1.64 bits per heavy atom. The monoisotopic (exact) mass is 881 g/mol. The first-order chi connectivity index (χ1) is 30.8. The molecule has 1 atom stereocenters. The summed E-state index contributed by atoms with van der Waals surface area (Å²) in [6, 6.07) is 7.45. The Balaban J connectivity index is 0.842. The predicted molar refractivity (Wildman–Crippen MR) is 231 cm³/mol. The molecule has 2 aromatic carbocycles. The van der Waals surface area contributed by atoms with E-state index in [1.165, 1.54) is 6.07 Å². The highest BCUT2D eigenvalue weighted by atomic mass is 16.5. The summed E-state index contributed by atoms with van der Waals surface area (Å²) in [5.41, 5.74) is 3.86. The van der Waals surface area contributed by atoms with Crippen LogP contribution in [0.3, 0.4) is 0 Å². The molecule has 0 radical (unpaired) electrons. The summed E-state index contributed by atoms with van der Waals surface area (Å²) in [5.74, 6) is -0.705. The molecule has 7 amide bonds. The molecule has 1 unspecified atom stereocenters. The van der Waals surface area contributed by atoms with E-state index < -0.39 is 35.3 Å². The number of amides is 7. The van der Waals surface area contributed by atoms with Crippen LogP contribution in [0.5, 0.6) is 17.2 Å². The largest absolute Gasteiger partial charge is 0.496 e. The third-order valence-electron chi connectivity index (χ3n) is 13.2. The number of unbranched alkanes of at least 4 members (excludes halogenated alkanes) is 1. The van der Waals surface area contributed by atoms with Gasteiger partial charge in [0.05, 0.1) is 56.3 Å². The zero-order chi connectivity index (χ0) is 45.3. The molecule has 340 valence electrons. The molecular weight excluding hydrogens is 827 g/mol. The number of rotatable bonds is 12. The number of aryl methyl sites for hydroxylation is 1. The summed E-state index contributed by atoms with van der Waals surface area (Å²) >= 11 is 0. The van der Waals surface area contributed by atoms with Crippen molar-refractivity contribution < 1.29 is 47.7 Å². The fraction of sp³-hybridized carbons (Fsp3) is 0.500. The minimum atomic E-state index is -1.06. The molecule has 18 nitrogen and oxygen atoms in total. The quantitative estimate of drug-likeness (QED) is 0.200. The number of imide groups is 2. The number of carbonyl (C=O) groups excluding carboxylic acids is 6. The average Bonchev–Trinajstić information content (AvgIpc) is 3.56. The summed E-state index contributed by atoms with van der Waals surface area (Å²) in [5, 5.41) is 4.86. The van der Waals surface area contributed by atoms with E-state index in [9.17, 15) is 33.6 Å². The van der Waals surface area contributed by atoms with Crippen LogP contribution < -0.4 is 30.4 Å². The molecule has 6 heterocycles. The Morgan fingerprint density at radius 1 is 0.891 bits per heavy atom. The Morgan fingerprint density at radius 3 is 2.34 bits per heavy atom. The van der Waals surface area contributed by atoms with E-state index in [4.69, 9.17) is 18.9 Å². The number of likely N-dealkylation sites (tertiary alicyclic amines) is 1. The number of piperidine rings is 2. The van der Waals surface area contributed by atoms with Crippen LogP contribution in [0.25, 0.3) is 11.1 Å². The van der Waals surface area contributed by atoms with E-state index >= 15 is 0 Å². The second-order valence-electron chi connectivity index (χ2n) is 17.1. The van der Waals surface area contributed by atoms with Crippen LogP contribution in [0.2, 0.25) is 0 Å². The van der Waals surface area contributed by atoms with Gasteiger partial charge in [0.2, 0.25) is 17.7 Å². The molecule has 3 saturated heterocycles. The lowest BCUT2D eigenvalue weighted by Gasteiger charge is -2.47. The number of methoxy groups -OCH3 is 2. The van der Waals surface area contributed by atoms with Crippen molar-refractivity contribution in [3.8, 4) is 28.4 Å². The maximum Gasteiger partial charge on any atom is 0.317 e. The van der Waals surface area contributed by atoms with Crippen molar-refractivity contribution in [2.24, 2.45) is 7.05 Å². The number of benzene rings is 2. The van der Waals surface area contributed by atoms with Gasteiger partial charge in [-0.05, 0) is 73.9 Å². The van der Waals surface area contributed by atoms with Crippen molar-refractivity contribution in [1.82, 2.24) is 34.8 Å². The van der Waals surface area contributed by atoms with E-state index in [2.05, 4.69) is 15.5 Å². The van der Waals surface area contributed by atoms with Gasteiger partial charge in [0, 0.05) is 83.5 Å². The van der Waals surface area contributed by atoms with Gasteiger partial charge in [-0.2, -0.15) is 0 Å². The fourth-order valence-corrected chi connectivity index (χ4v) is 9.70. The fourth-order valence-electron chi connectivity index (χ4n) is 9.70. The summed E-state index contributed by atoms with van der Waals surface area (Å²) < 4.78 is 25.9. The predicted octanol–water partition coefficient (Wildman–Crippen LogP) is 2.61. The number of ether oxygens (including phenoxy) is 4. The number of hydrogen-bond acceptors (Lipinski definition) is 12. The summed E-state index contributed by atoms with van der Waals surface area (Å²) in [6.45, 7) is 4.49. The molecule has 18 heteroatoms. The highest BCUT2D eigenvalue weighted by molar-refractivity contribution is 6.24. The maximum absolute atomic E-state index is 13.5. The Labute approximate surface area is 370 Å². The third kappa shape index (κ3) is 8.55. The number of urea groups is 1. The van der Waals surface area contributed by atoms with Gasteiger partial charge in [0.15, 0.2) is 0 Å². The van der Waals surface area contributed by atoms with Gasteiger partial charge in [0.25, 0.3) is 17.4 Å². The van der Waals surface area contributed by atoms with Gasteiger partial charge in [-0.3, -0.25) is 43.9 Å². The Hall–Kier alpha value is -6.27. The number of carbonyl (C=O) groups is 6. The lowest BCUT2D eigenvalue weighted by Crippen LogP contribution is -2.57. The van der Waals surface area contributed by atoms with Crippen LogP contribution in [0.1, 0.15) is 82.4 Å². The minimum absolute atomic E-state index is 0.0353. The molecule has 0 aliphatic carbocycles. The molecule has 5 aliphatic rings. The summed E-state index contributed by atoms with van der Waals surface area (Å²) in [4.78, 5) is 96.6. The average molecular weight is 882 g/mol. The molecule has 3 aromatic rings. The van der Waals surface area contributed by atoms with Gasteiger partial charge in [0.1, 0.15) is 23.3 Å². The second kappa shape index (κ2) is 18.4. The smallest absolute Gasteiger partial charge is 0.317 e. The van der Waals surface area contributed by atoms with Crippen LogP contribution in [0, 0.1) is 0 Å². The number of hydrogen-bond donors (Lipinski definition) is 2. The van der Waals surface area contributed by atoms with Gasteiger partial charge < -0.3 is 38.6 Å². The van der Waals surface area contributed by atoms with E-state index in [1.54, 1.807) is 49.9 Å². The molecule has 1 spiro atoms. The molecule has 0 saturated carbocycles. The summed E-state index contributed by atoms with van der Waals surface area (Å²) in [7, 11) is 6.58. The molecular formula is C46H55N7O11. The van der Waals surface area contributed by atoms with E-state index in [1.807, 2.05) is 23.2 Å². The second-order valence-corrected chi connectivity index (χ2v) is 17.1. The van der Waals surface area contributed by atoms with Gasteiger partial charge in [-0.25, -0.2) is 4.79 Å². The number of aromatic nitrogens is 1. The Kier molecular flexibility index (Phi) is 12.8. The number of nitrogens with one attached hydrogen (secondary N) is 2. The molecule has 0 bridgehead atoms. The lowest BCUT2D eigenvalue weighted by molar-refractivity contribution is -0.159. The first-order valence-electron chi connectivity index (χ1n) is 21.9. The van der Waals surface area contributed by atoms with E-state index in [-0.39, 0.29) is 60.4 Å². The Bertz CT molecular complexity index is 2420. The topological polar surface area (TPSA) is 198 Å². The van der Waals surface area contributed by atoms with Crippen molar-refractivity contribution in [3.63, 3.8) is 0 Å². The SMILES string of the molecule is CNC(=O)N1CCc2c(-c3cc(OC)c(CN4CCC5(CC4)CN(C(=O)CCCCOc4cccc6c4C(=O)N(C4CCC(=O)NC4=O)C6=O)CCO5)c(OC)c3)cn(C)c(=O)c2C1. The number of morpholine rings is 1. The normalized spacial score (nSPS) is 19.6. The van der Waals surface area contributed by atoms with Crippen LogP contribution in [0.15, 0.2) is 41.3 Å². The van der Waals surface area contributed by atoms with Crippen molar-refractivity contribution in [2.75, 3.05) is 67.2 Å². The first-order valence-corrected chi connectivity index (χ1v) is 21.9. The third-order valence-corrected chi connectivity index (χ3v) is 13.2. The van der Waals surface area contributed by atoms with Crippen LogP contribution in [-0.4, -0.2) is 139 Å². The standard InChI is InChI=1S/C46H55N7O11/c1-47-45(60)51-16-13-29-31(24-49(2)42(57)32(29)26-51)28-22-36(61-3)33(37(23-28)62-4)25-50-17-14-46(15-18-50)27-52(19-21-64-46)39(55)10-5-6-20-63-35-9-7-8-30-40(35)44(59)53(43(30)58)34-11-12-38(54)48-41(34)56/h7-9,22-24,34H,5-6,10-21,25-27H2,1-4H3,(H,47,60)(H,48,54,56). The van der Waals surface area contributed by atoms with Crippen LogP contribution in [-0.2, 0) is 45.7 Å². The van der Waals surface area contributed by atoms with Crippen molar-refractivity contribution in [2.45, 2.75) is 76.1 Å². The molecule has 3 fully saturated rings. The molecule has 64 heavy (non-hydrogen) atoms.